The molecule has 0 aliphatic rings. The van der Waals surface area contributed by atoms with Gasteiger partial charge in [0.05, 0.1) is 13.2 Å². The van der Waals surface area contributed by atoms with Gasteiger partial charge in [-0.05, 0) is 32.4 Å². The van der Waals surface area contributed by atoms with Gasteiger partial charge in [0.25, 0.3) is 0 Å². The van der Waals surface area contributed by atoms with Crippen LogP contribution < -0.4 is 5.32 Å². The van der Waals surface area contributed by atoms with Gasteiger partial charge in [-0.2, -0.15) is 0 Å². The zero-order valence-electron chi connectivity index (χ0n) is 9.62. The minimum Gasteiger partial charge on any atom is -0.459 e. The number of ether oxygens (including phenoxy) is 1. The third-order valence-electron chi connectivity index (χ3n) is 2.10. The Bertz CT molecular complexity index is 378. The molecule has 0 bridgehead atoms. The second-order valence-corrected chi connectivity index (χ2v) is 4.70. The van der Waals surface area contributed by atoms with Gasteiger partial charge in [-0.3, -0.25) is 4.79 Å². The molecule has 88 valence electrons. The van der Waals surface area contributed by atoms with Crippen LogP contribution in [-0.2, 0) is 20.9 Å². The van der Waals surface area contributed by atoms with E-state index in [9.17, 15) is 9.59 Å². The molecule has 0 aliphatic heterocycles. The number of amides is 1. The van der Waals surface area contributed by atoms with E-state index in [2.05, 4.69) is 10.1 Å². The van der Waals surface area contributed by atoms with Crippen molar-refractivity contribution >= 4 is 23.2 Å². The lowest BCUT2D eigenvalue weighted by Crippen LogP contribution is -2.31. The Morgan fingerprint density at radius 1 is 1.44 bits per heavy atom. The standard InChI is InChI=1S/C11H15NO3S/c1-4-15-11(14)10(13)12-6-9-5-7(2)8(3)16-9/h5H,4,6H2,1-3H3,(H,12,13). The van der Waals surface area contributed by atoms with Gasteiger partial charge in [0.15, 0.2) is 0 Å². The zero-order chi connectivity index (χ0) is 12.1. The molecule has 0 fully saturated rings. The van der Waals surface area contributed by atoms with Crippen molar-refractivity contribution in [2.24, 2.45) is 0 Å². The molecule has 0 atom stereocenters. The Balaban J connectivity index is 2.45. The number of hydrogen-bond acceptors (Lipinski definition) is 4. The zero-order valence-corrected chi connectivity index (χ0v) is 10.4. The molecule has 16 heavy (non-hydrogen) atoms. The molecule has 4 nitrogen and oxygen atoms in total. The number of rotatable bonds is 3. The van der Waals surface area contributed by atoms with Gasteiger partial charge in [0.2, 0.25) is 0 Å². The summed E-state index contributed by atoms with van der Waals surface area (Å²) in [5.74, 6) is -1.52. The van der Waals surface area contributed by atoms with E-state index < -0.39 is 11.9 Å². The molecule has 0 aromatic carbocycles. The van der Waals surface area contributed by atoms with E-state index in [0.29, 0.717) is 6.54 Å². The molecule has 1 N–H and O–H groups in total. The van der Waals surface area contributed by atoms with Crippen molar-refractivity contribution in [1.29, 1.82) is 0 Å². The van der Waals surface area contributed by atoms with Crippen molar-refractivity contribution < 1.29 is 14.3 Å². The van der Waals surface area contributed by atoms with Gasteiger partial charge in [-0.1, -0.05) is 0 Å². The normalized spacial score (nSPS) is 9.94. The van der Waals surface area contributed by atoms with Crippen molar-refractivity contribution in [2.75, 3.05) is 6.61 Å². The number of aryl methyl sites for hydroxylation is 2. The summed E-state index contributed by atoms with van der Waals surface area (Å²) in [4.78, 5) is 24.5. The van der Waals surface area contributed by atoms with Crippen molar-refractivity contribution in [3.05, 3.63) is 21.4 Å². The molecule has 0 unspecified atom stereocenters. The summed E-state index contributed by atoms with van der Waals surface area (Å²) in [6.45, 7) is 6.29. The predicted octanol–water partition coefficient (Wildman–Crippen LogP) is 1.54. The average Bonchev–Trinajstić information content (AvgIpc) is 2.55. The van der Waals surface area contributed by atoms with Crippen LogP contribution in [0.1, 0.15) is 22.2 Å². The topological polar surface area (TPSA) is 55.4 Å². The van der Waals surface area contributed by atoms with Gasteiger partial charge in [0, 0.05) is 9.75 Å². The molecule has 1 aromatic rings. The molecule has 0 saturated carbocycles. The first-order valence-corrected chi connectivity index (χ1v) is 5.87. The van der Waals surface area contributed by atoms with Crippen LogP contribution in [-0.4, -0.2) is 18.5 Å². The lowest BCUT2D eigenvalue weighted by atomic mass is 10.3. The van der Waals surface area contributed by atoms with Crippen LogP contribution in [0.2, 0.25) is 0 Å². The maximum absolute atomic E-state index is 11.2. The first-order chi connectivity index (χ1) is 7.54. The minimum absolute atomic E-state index is 0.212. The van der Waals surface area contributed by atoms with E-state index in [1.165, 1.54) is 10.4 Å². The average molecular weight is 241 g/mol. The van der Waals surface area contributed by atoms with Gasteiger partial charge < -0.3 is 10.1 Å². The smallest absolute Gasteiger partial charge is 0.396 e. The Kier molecular flexibility index (Phi) is 4.49. The highest BCUT2D eigenvalue weighted by atomic mass is 32.1. The second-order valence-electron chi connectivity index (χ2n) is 3.36. The molecular weight excluding hydrogens is 226 g/mol. The maximum atomic E-state index is 11.2. The second kappa shape index (κ2) is 5.65. The van der Waals surface area contributed by atoms with Crippen molar-refractivity contribution in [2.45, 2.75) is 27.3 Å². The lowest BCUT2D eigenvalue weighted by molar-refractivity contribution is -0.154. The van der Waals surface area contributed by atoms with Crippen LogP contribution in [0.3, 0.4) is 0 Å². The number of carbonyl (C=O) groups excluding carboxylic acids is 2. The molecule has 5 heteroatoms. The molecular formula is C11H15NO3S. The molecule has 0 aliphatic carbocycles. The summed E-state index contributed by atoms with van der Waals surface area (Å²) in [5, 5.41) is 2.52. The number of carbonyl (C=O) groups is 2. The number of nitrogens with one attached hydrogen (secondary N) is 1. The van der Waals surface area contributed by atoms with Crippen molar-refractivity contribution in [1.82, 2.24) is 5.32 Å². The molecule has 1 aromatic heterocycles. The minimum atomic E-state index is -0.826. The fourth-order valence-electron chi connectivity index (χ4n) is 1.17. The highest BCUT2D eigenvalue weighted by Gasteiger charge is 2.14. The highest BCUT2D eigenvalue weighted by molar-refractivity contribution is 7.12. The van der Waals surface area contributed by atoms with Crippen molar-refractivity contribution in [3.63, 3.8) is 0 Å². The fraction of sp³-hybridized carbons (Fsp3) is 0.455. The van der Waals surface area contributed by atoms with E-state index >= 15 is 0 Å². The number of hydrogen-bond donors (Lipinski definition) is 1. The monoisotopic (exact) mass is 241 g/mol. The van der Waals surface area contributed by atoms with Gasteiger partial charge in [0.1, 0.15) is 0 Å². The van der Waals surface area contributed by atoms with E-state index in [0.717, 1.165) is 4.88 Å². The summed E-state index contributed by atoms with van der Waals surface area (Å²) >= 11 is 1.61. The maximum Gasteiger partial charge on any atom is 0.396 e. The quantitative estimate of drug-likeness (QED) is 0.645. The molecule has 0 radical (unpaired) electrons. The van der Waals surface area contributed by atoms with Crippen LogP contribution in [0.25, 0.3) is 0 Å². The van der Waals surface area contributed by atoms with Crippen LogP contribution in [0.5, 0.6) is 0 Å². The molecule has 1 amide bonds. The largest absolute Gasteiger partial charge is 0.459 e. The third-order valence-corrected chi connectivity index (χ3v) is 3.25. The van der Waals surface area contributed by atoms with Gasteiger partial charge in [-0.15, -0.1) is 11.3 Å². The van der Waals surface area contributed by atoms with E-state index in [4.69, 9.17) is 0 Å². The summed E-state index contributed by atoms with van der Waals surface area (Å²) in [6, 6.07) is 2.01. The summed E-state index contributed by atoms with van der Waals surface area (Å²) < 4.78 is 4.57. The summed E-state index contributed by atoms with van der Waals surface area (Å²) in [6.07, 6.45) is 0. The third kappa shape index (κ3) is 3.34. The van der Waals surface area contributed by atoms with E-state index in [-0.39, 0.29) is 6.61 Å². The van der Waals surface area contributed by atoms with Crippen LogP contribution in [0, 0.1) is 13.8 Å². The van der Waals surface area contributed by atoms with E-state index in [1.54, 1.807) is 18.3 Å². The van der Waals surface area contributed by atoms with Gasteiger partial charge in [-0.25, -0.2) is 4.79 Å². The van der Waals surface area contributed by atoms with Crippen LogP contribution >= 0.6 is 11.3 Å². The SMILES string of the molecule is CCOC(=O)C(=O)NCc1cc(C)c(C)s1. The molecule has 1 rings (SSSR count). The molecule has 1 heterocycles. The Hall–Kier alpha value is -1.36. The Morgan fingerprint density at radius 2 is 2.12 bits per heavy atom. The number of thiophene rings is 1. The first kappa shape index (κ1) is 12.7. The van der Waals surface area contributed by atoms with E-state index in [1.807, 2.05) is 19.9 Å². The molecule has 0 saturated heterocycles. The number of esters is 1. The first-order valence-electron chi connectivity index (χ1n) is 5.05. The van der Waals surface area contributed by atoms with Crippen molar-refractivity contribution in [3.8, 4) is 0 Å². The van der Waals surface area contributed by atoms with Gasteiger partial charge >= 0.3 is 11.9 Å². The summed E-state index contributed by atoms with van der Waals surface area (Å²) in [7, 11) is 0. The highest BCUT2D eigenvalue weighted by Crippen LogP contribution is 2.20. The lowest BCUT2D eigenvalue weighted by Gasteiger charge is -2.02. The summed E-state index contributed by atoms with van der Waals surface area (Å²) in [5.41, 5.74) is 1.20. The Morgan fingerprint density at radius 3 is 2.62 bits per heavy atom. The Labute approximate surface area is 98.6 Å². The van der Waals surface area contributed by atoms with Crippen LogP contribution in [0.15, 0.2) is 6.07 Å². The van der Waals surface area contributed by atoms with Crippen LogP contribution in [0.4, 0.5) is 0 Å². The fourth-order valence-corrected chi connectivity index (χ4v) is 2.17. The predicted molar refractivity (Wildman–Crippen MR) is 62.3 cm³/mol. The molecule has 0 spiro atoms.